The van der Waals surface area contributed by atoms with Gasteiger partial charge in [-0.15, -0.1) is 12.4 Å². The zero-order valence-corrected chi connectivity index (χ0v) is 15.5. The third-order valence-electron chi connectivity index (χ3n) is 6.22. The standard InChI is InChI=1S/C16H28N2O3S.ClH/c1-22(20,21)16(5-8-17-9-6-16)15(19)18-7-4-14-11-12-2-3-13(14)10-12;/h12-14,17H,2-11H2,1H3,(H,18,19);1H. The quantitative estimate of drug-likeness (QED) is 0.775. The molecule has 0 spiro atoms. The Morgan fingerprint density at radius 2 is 1.91 bits per heavy atom. The van der Waals surface area contributed by atoms with E-state index in [-0.39, 0.29) is 18.3 Å². The van der Waals surface area contributed by atoms with E-state index in [4.69, 9.17) is 0 Å². The molecule has 1 amide bonds. The monoisotopic (exact) mass is 364 g/mol. The summed E-state index contributed by atoms with van der Waals surface area (Å²) in [4.78, 5) is 12.6. The molecule has 0 aromatic carbocycles. The summed E-state index contributed by atoms with van der Waals surface area (Å²) >= 11 is 0. The second kappa shape index (κ2) is 7.28. The molecular formula is C16H29ClN2O3S. The fourth-order valence-corrected chi connectivity index (χ4v) is 6.21. The second-order valence-corrected chi connectivity index (χ2v) is 9.82. The number of piperidine rings is 1. The molecule has 0 aromatic rings. The number of carbonyl (C=O) groups excluding carboxylic acids is 1. The number of hydrogen-bond donors (Lipinski definition) is 2. The maximum atomic E-state index is 12.6. The van der Waals surface area contributed by atoms with Gasteiger partial charge in [0, 0.05) is 12.8 Å². The Balaban J connectivity index is 0.00000192. The highest BCUT2D eigenvalue weighted by Crippen LogP contribution is 2.49. The minimum atomic E-state index is -3.40. The van der Waals surface area contributed by atoms with Crippen molar-refractivity contribution >= 4 is 28.2 Å². The lowest BCUT2D eigenvalue weighted by molar-refractivity contribution is -0.124. The number of amides is 1. The van der Waals surface area contributed by atoms with Gasteiger partial charge in [0.1, 0.15) is 0 Å². The third-order valence-corrected chi connectivity index (χ3v) is 8.23. The first kappa shape index (κ1) is 19.0. The van der Waals surface area contributed by atoms with Gasteiger partial charge in [0.15, 0.2) is 14.6 Å². The average Bonchev–Trinajstić information content (AvgIpc) is 3.09. The molecule has 2 N–H and O–H groups in total. The molecule has 3 fully saturated rings. The fourth-order valence-electron chi connectivity index (χ4n) is 4.86. The molecule has 2 bridgehead atoms. The maximum Gasteiger partial charge on any atom is 0.241 e. The van der Waals surface area contributed by atoms with Crippen LogP contribution in [-0.4, -0.2) is 45.0 Å². The highest BCUT2D eigenvalue weighted by atomic mass is 35.5. The molecule has 5 nitrogen and oxygen atoms in total. The number of nitrogens with one attached hydrogen (secondary N) is 2. The molecule has 1 aliphatic heterocycles. The Morgan fingerprint density at radius 1 is 1.22 bits per heavy atom. The van der Waals surface area contributed by atoms with Gasteiger partial charge in [0.2, 0.25) is 5.91 Å². The Kier molecular flexibility index (Phi) is 6.01. The molecule has 0 aromatic heterocycles. The van der Waals surface area contributed by atoms with Crippen LogP contribution in [0.4, 0.5) is 0 Å². The summed E-state index contributed by atoms with van der Waals surface area (Å²) in [5.74, 6) is 2.23. The molecule has 3 aliphatic rings. The molecule has 3 atom stereocenters. The van der Waals surface area contributed by atoms with Crippen LogP contribution in [0, 0.1) is 17.8 Å². The van der Waals surface area contributed by atoms with Crippen molar-refractivity contribution in [1.82, 2.24) is 10.6 Å². The van der Waals surface area contributed by atoms with E-state index in [1.165, 1.54) is 31.9 Å². The van der Waals surface area contributed by atoms with E-state index in [1.807, 2.05) is 0 Å². The molecule has 0 radical (unpaired) electrons. The lowest BCUT2D eigenvalue weighted by atomic mass is 9.86. The fraction of sp³-hybridized carbons (Fsp3) is 0.938. The van der Waals surface area contributed by atoms with Gasteiger partial charge in [0.25, 0.3) is 0 Å². The van der Waals surface area contributed by atoms with E-state index in [1.54, 1.807) is 0 Å². The largest absolute Gasteiger partial charge is 0.355 e. The van der Waals surface area contributed by atoms with E-state index in [2.05, 4.69) is 10.6 Å². The molecule has 2 saturated carbocycles. The summed E-state index contributed by atoms with van der Waals surface area (Å²) in [6.45, 7) is 1.80. The number of halogens is 1. The van der Waals surface area contributed by atoms with Gasteiger partial charge in [0.05, 0.1) is 0 Å². The summed E-state index contributed by atoms with van der Waals surface area (Å²) in [6.07, 6.45) is 8.38. The van der Waals surface area contributed by atoms with Crippen LogP contribution >= 0.6 is 12.4 Å². The van der Waals surface area contributed by atoms with Gasteiger partial charge in [-0.05, 0) is 69.4 Å². The first-order valence-corrected chi connectivity index (χ1v) is 10.5. The number of rotatable bonds is 5. The minimum absolute atomic E-state index is 0. The maximum absolute atomic E-state index is 12.6. The zero-order chi connectivity index (χ0) is 15.8. The van der Waals surface area contributed by atoms with Crippen molar-refractivity contribution in [2.45, 2.75) is 49.7 Å². The van der Waals surface area contributed by atoms with E-state index >= 15 is 0 Å². The van der Waals surface area contributed by atoms with Gasteiger partial charge in [-0.1, -0.05) is 6.42 Å². The van der Waals surface area contributed by atoms with Gasteiger partial charge in [-0.25, -0.2) is 8.42 Å². The van der Waals surface area contributed by atoms with Gasteiger partial charge in [-0.3, -0.25) is 4.79 Å². The van der Waals surface area contributed by atoms with Crippen molar-refractivity contribution in [2.24, 2.45) is 17.8 Å². The number of fused-ring (bicyclic) bond motifs is 2. The number of carbonyl (C=O) groups is 1. The summed E-state index contributed by atoms with van der Waals surface area (Å²) in [5, 5.41) is 6.08. The number of sulfone groups is 1. The van der Waals surface area contributed by atoms with Crippen LogP contribution in [0.1, 0.15) is 44.9 Å². The molecular weight excluding hydrogens is 336 g/mol. The van der Waals surface area contributed by atoms with E-state index in [0.29, 0.717) is 32.5 Å². The molecule has 3 rings (SSSR count). The highest BCUT2D eigenvalue weighted by Gasteiger charge is 2.48. The normalized spacial score (nSPS) is 32.3. The Hall–Kier alpha value is -0.330. The highest BCUT2D eigenvalue weighted by molar-refractivity contribution is 7.92. The minimum Gasteiger partial charge on any atom is -0.355 e. The van der Waals surface area contributed by atoms with Crippen LogP contribution in [0.3, 0.4) is 0 Å². The molecule has 7 heteroatoms. The lowest BCUT2D eigenvalue weighted by Crippen LogP contribution is -2.57. The third kappa shape index (κ3) is 3.69. The Labute approximate surface area is 145 Å². The van der Waals surface area contributed by atoms with E-state index in [0.717, 1.165) is 24.2 Å². The molecule has 3 unspecified atom stereocenters. The van der Waals surface area contributed by atoms with Crippen molar-refractivity contribution in [3.8, 4) is 0 Å². The van der Waals surface area contributed by atoms with Gasteiger partial charge < -0.3 is 10.6 Å². The summed E-state index contributed by atoms with van der Waals surface area (Å²) < 4.78 is 23.2. The van der Waals surface area contributed by atoms with Crippen molar-refractivity contribution < 1.29 is 13.2 Å². The molecule has 1 heterocycles. The van der Waals surface area contributed by atoms with Crippen molar-refractivity contribution in [1.29, 1.82) is 0 Å². The van der Waals surface area contributed by atoms with E-state index in [9.17, 15) is 13.2 Å². The van der Waals surface area contributed by atoms with Crippen molar-refractivity contribution in [3.05, 3.63) is 0 Å². The van der Waals surface area contributed by atoms with Crippen molar-refractivity contribution in [2.75, 3.05) is 25.9 Å². The lowest BCUT2D eigenvalue weighted by Gasteiger charge is -2.34. The second-order valence-electron chi connectivity index (χ2n) is 7.50. The summed E-state index contributed by atoms with van der Waals surface area (Å²) in [7, 11) is -3.40. The van der Waals surface area contributed by atoms with Crippen LogP contribution in [0.2, 0.25) is 0 Å². The Morgan fingerprint density at radius 3 is 2.43 bits per heavy atom. The zero-order valence-electron chi connectivity index (χ0n) is 13.8. The summed E-state index contributed by atoms with van der Waals surface area (Å²) in [6, 6.07) is 0. The predicted octanol–water partition coefficient (Wildman–Crippen LogP) is 1.52. The van der Waals surface area contributed by atoms with Crippen LogP contribution in [0.15, 0.2) is 0 Å². The van der Waals surface area contributed by atoms with Crippen LogP contribution in [-0.2, 0) is 14.6 Å². The predicted molar refractivity (Wildman–Crippen MR) is 93.5 cm³/mol. The molecule has 134 valence electrons. The van der Waals surface area contributed by atoms with Crippen LogP contribution in [0.25, 0.3) is 0 Å². The van der Waals surface area contributed by atoms with Gasteiger partial charge >= 0.3 is 0 Å². The van der Waals surface area contributed by atoms with Gasteiger partial charge in [-0.2, -0.15) is 0 Å². The topological polar surface area (TPSA) is 75.3 Å². The smallest absolute Gasteiger partial charge is 0.241 e. The first-order chi connectivity index (χ1) is 10.4. The van der Waals surface area contributed by atoms with E-state index < -0.39 is 14.6 Å². The average molecular weight is 365 g/mol. The van der Waals surface area contributed by atoms with Crippen LogP contribution < -0.4 is 10.6 Å². The van der Waals surface area contributed by atoms with Crippen molar-refractivity contribution in [3.63, 3.8) is 0 Å². The first-order valence-electron chi connectivity index (χ1n) is 8.61. The summed E-state index contributed by atoms with van der Waals surface area (Å²) in [5.41, 5.74) is 0. The Bertz CT molecular complexity index is 531. The molecule has 23 heavy (non-hydrogen) atoms. The number of hydrogen-bond acceptors (Lipinski definition) is 4. The van der Waals surface area contributed by atoms with Crippen LogP contribution in [0.5, 0.6) is 0 Å². The molecule has 1 saturated heterocycles. The SMILES string of the molecule is CS(=O)(=O)C1(C(=O)NCCC2CC3CCC2C3)CCNCC1.Cl. The molecule has 2 aliphatic carbocycles.